The Morgan fingerprint density at radius 3 is 2.25 bits per heavy atom. The first-order valence-corrected chi connectivity index (χ1v) is 9.61. The number of amides is 1. The van der Waals surface area contributed by atoms with E-state index in [9.17, 15) is 9.59 Å². The Labute approximate surface area is 169 Å². The third kappa shape index (κ3) is 4.32. The van der Waals surface area contributed by atoms with Crippen LogP contribution < -0.4 is 5.32 Å². The van der Waals surface area contributed by atoms with Crippen molar-refractivity contribution in [3.05, 3.63) is 59.7 Å². The zero-order chi connectivity index (χ0) is 19.9. The third-order valence-electron chi connectivity index (χ3n) is 4.59. The first-order valence-electron chi connectivity index (χ1n) is 8.98. The summed E-state index contributed by atoms with van der Waals surface area (Å²) in [6.45, 7) is 0.275. The van der Waals surface area contributed by atoms with Gasteiger partial charge in [0.2, 0.25) is 0 Å². The van der Waals surface area contributed by atoms with E-state index in [0.29, 0.717) is 6.42 Å². The summed E-state index contributed by atoms with van der Waals surface area (Å²) in [7, 11) is 0. The highest BCUT2D eigenvalue weighted by Gasteiger charge is 2.29. The summed E-state index contributed by atoms with van der Waals surface area (Å²) in [6, 6.07) is 15.3. The number of fused-ring (bicyclic) bond motifs is 3. The molecule has 0 saturated heterocycles. The van der Waals surface area contributed by atoms with Crippen molar-refractivity contribution in [3.8, 4) is 23.5 Å². The van der Waals surface area contributed by atoms with Gasteiger partial charge in [-0.2, -0.15) is 12.6 Å². The fraction of sp³-hybridized carbons (Fsp3) is 0.273. The molecule has 0 saturated carbocycles. The van der Waals surface area contributed by atoms with Crippen LogP contribution in [0.4, 0.5) is 4.79 Å². The highest BCUT2D eigenvalue weighted by atomic mass is 32.1. The molecule has 144 valence electrons. The standard InChI is InChI=1S/C22H21NO4S/c1-2-3-12-26-21(24)20(14-28)23-22(25)27-13-19-17-10-6-4-8-15(17)16-9-5-7-11-18(16)19/h1,4-11,19-20,28H,3,12-14H2,(H,23,25). The van der Waals surface area contributed by atoms with E-state index in [4.69, 9.17) is 15.9 Å². The molecule has 0 fully saturated rings. The zero-order valence-electron chi connectivity index (χ0n) is 15.3. The van der Waals surface area contributed by atoms with Crippen LogP contribution in [0.2, 0.25) is 0 Å². The molecular formula is C22H21NO4S. The molecule has 5 nitrogen and oxygen atoms in total. The van der Waals surface area contributed by atoms with Gasteiger partial charge in [-0.25, -0.2) is 9.59 Å². The molecule has 0 spiro atoms. The van der Waals surface area contributed by atoms with Crippen molar-refractivity contribution in [1.29, 1.82) is 0 Å². The lowest BCUT2D eigenvalue weighted by Crippen LogP contribution is -2.43. The smallest absolute Gasteiger partial charge is 0.407 e. The highest BCUT2D eigenvalue weighted by Crippen LogP contribution is 2.44. The van der Waals surface area contributed by atoms with Crippen LogP contribution in [-0.4, -0.2) is 37.1 Å². The Bertz CT molecular complexity index is 860. The normalized spacial score (nSPS) is 13.0. The molecular weight excluding hydrogens is 374 g/mol. The molecule has 1 aliphatic carbocycles. The third-order valence-corrected chi connectivity index (χ3v) is 4.96. The maximum Gasteiger partial charge on any atom is 0.407 e. The van der Waals surface area contributed by atoms with Crippen molar-refractivity contribution in [2.45, 2.75) is 18.4 Å². The molecule has 28 heavy (non-hydrogen) atoms. The number of hydrogen-bond acceptors (Lipinski definition) is 5. The van der Waals surface area contributed by atoms with Crippen LogP contribution in [0.3, 0.4) is 0 Å². The first-order chi connectivity index (χ1) is 13.7. The summed E-state index contributed by atoms with van der Waals surface area (Å²) in [5, 5.41) is 2.50. The second-order valence-corrected chi connectivity index (χ2v) is 6.69. The van der Waals surface area contributed by atoms with Gasteiger partial charge in [0.1, 0.15) is 19.3 Å². The molecule has 0 bridgehead atoms. The topological polar surface area (TPSA) is 64.6 Å². The second kappa shape index (κ2) is 9.34. The van der Waals surface area contributed by atoms with Gasteiger partial charge in [-0.3, -0.25) is 0 Å². The number of esters is 1. The number of carbonyl (C=O) groups is 2. The number of alkyl carbamates (subject to hydrolysis) is 1. The summed E-state index contributed by atoms with van der Waals surface area (Å²) in [5.41, 5.74) is 4.54. The average molecular weight is 395 g/mol. The molecule has 1 atom stereocenters. The van der Waals surface area contributed by atoms with Gasteiger partial charge < -0.3 is 14.8 Å². The molecule has 0 aliphatic heterocycles. The summed E-state index contributed by atoms with van der Waals surface area (Å²) in [5.74, 6) is 1.85. The number of rotatable bonds is 7. The minimum absolute atomic E-state index is 0.0461. The van der Waals surface area contributed by atoms with Gasteiger partial charge in [0.05, 0.1) is 0 Å². The van der Waals surface area contributed by atoms with Crippen molar-refractivity contribution in [3.63, 3.8) is 0 Å². The number of benzene rings is 2. The van der Waals surface area contributed by atoms with Crippen molar-refractivity contribution in [2.75, 3.05) is 19.0 Å². The van der Waals surface area contributed by atoms with Crippen molar-refractivity contribution in [1.82, 2.24) is 5.32 Å². The second-order valence-electron chi connectivity index (χ2n) is 6.33. The summed E-state index contributed by atoms with van der Waals surface area (Å²) in [6.07, 6.45) is 4.76. The Morgan fingerprint density at radius 2 is 1.68 bits per heavy atom. The lowest BCUT2D eigenvalue weighted by atomic mass is 9.98. The molecule has 6 heteroatoms. The molecule has 0 radical (unpaired) electrons. The molecule has 1 amide bonds. The van der Waals surface area contributed by atoms with Crippen LogP contribution in [0.25, 0.3) is 11.1 Å². The maximum absolute atomic E-state index is 12.2. The lowest BCUT2D eigenvalue weighted by Gasteiger charge is -2.17. The van der Waals surface area contributed by atoms with E-state index in [1.807, 2.05) is 36.4 Å². The van der Waals surface area contributed by atoms with E-state index in [-0.39, 0.29) is 24.9 Å². The molecule has 0 aromatic heterocycles. The van der Waals surface area contributed by atoms with E-state index in [1.165, 1.54) is 0 Å². The van der Waals surface area contributed by atoms with Crippen LogP contribution in [-0.2, 0) is 14.3 Å². The quantitative estimate of drug-likeness (QED) is 0.326. The fourth-order valence-electron chi connectivity index (χ4n) is 3.27. The maximum atomic E-state index is 12.2. The molecule has 2 aromatic rings. The number of carbonyl (C=O) groups excluding carboxylic acids is 2. The Balaban J connectivity index is 1.62. The van der Waals surface area contributed by atoms with Gasteiger partial charge in [0, 0.05) is 18.1 Å². The van der Waals surface area contributed by atoms with Crippen molar-refractivity contribution in [2.24, 2.45) is 0 Å². The van der Waals surface area contributed by atoms with Crippen LogP contribution in [0.5, 0.6) is 0 Å². The molecule has 0 heterocycles. The van der Waals surface area contributed by atoms with Gasteiger partial charge in [0.15, 0.2) is 0 Å². The van der Waals surface area contributed by atoms with Crippen LogP contribution in [0, 0.1) is 12.3 Å². The summed E-state index contributed by atoms with van der Waals surface area (Å²) in [4.78, 5) is 24.2. The van der Waals surface area contributed by atoms with Crippen LogP contribution >= 0.6 is 12.6 Å². The van der Waals surface area contributed by atoms with Gasteiger partial charge in [0.25, 0.3) is 0 Å². The largest absolute Gasteiger partial charge is 0.463 e. The Morgan fingerprint density at radius 1 is 1.07 bits per heavy atom. The molecule has 2 aromatic carbocycles. The van der Waals surface area contributed by atoms with Crippen molar-refractivity contribution < 1.29 is 19.1 Å². The van der Waals surface area contributed by atoms with E-state index in [1.54, 1.807) is 0 Å². The van der Waals surface area contributed by atoms with Gasteiger partial charge in [-0.15, -0.1) is 12.3 Å². The predicted molar refractivity (Wildman–Crippen MR) is 110 cm³/mol. The number of hydrogen-bond donors (Lipinski definition) is 2. The minimum atomic E-state index is -0.892. The summed E-state index contributed by atoms with van der Waals surface area (Å²) >= 11 is 4.09. The molecule has 1 unspecified atom stereocenters. The number of nitrogens with one attached hydrogen (secondary N) is 1. The Hall–Kier alpha value is -2.91. The summed E-state index contributed by atoms with van der Waals surface area (Å²) < 4.78 is 10.4. The van der Waals surface area contributed by atoms with Crippen LogP contribution in [0.1, 0.15) is 23.5 Å². The highest BCUT2D eigenvalue weighted by molar-refractivity contribution is 7.80. The van der Waals surface area contributed by atoms with Gasteiger partial charge >= 0.3 is 12.1 Å². The van der Waals surface area contributed by atoms with Crippen molar-refractivity contribution >= 4 is 24.7 Å². The molecule has 3 rings (SSSR count). The van der Waals surface area contributed by atoms with Gasteiger partial charge in [-0.05, 0) is 22.3 Å². The zero-order valence-corrected chi connectivity index (χ0v) is 16.2. The van der Waals surface area contributed by atoms with E-state index >= 15 is 0 Å². The first kappa shape index (κ1) is 19.8. The number of ether oxygens (including phenoxy) is 2. The SMILES string of the molecule is C#CCCOC(=O)C(CS)NC(=O)OCC1c2ccccc2-c2ccccc21. The van der Waals surface area contributed by atoms with E-state index in [0.717, 1.165) is 22.3 Å². The monoisotopic (exact) mass is 395 g/mol. The number of terminal acetylenes is 1. The van der Waals surface area contributed by atoms with Gasteiger partial charge in [-0.1, -0.05) is 48.5 Å². The minimum Gasteiger partial charge on any atom is -0.463 e. The Kier molecular flexibility index (Phi) is 6.62. The fourth-order valence-corrected chi connectivity index (χ4v) is 3.51. The predicted octanol–water partition coefficient (Wildman–Crippen LogP) is 3.39. The van der Waals surface area contributed by atoms with E-state index < -0.39 is 18.1 Å². The van der Waals surface area contributed by atoms with Crippen LogP contribution in [0.15, 0.2) is 48.5 Å². The molecule has 1 N–H and O–H groups in total. The number of thiol groups is 1. The van der Waals surface area contributed by atoms with E-state index in [2.05, 4.69) is 36.0 Å². The average Bonchev–Trinajstić information content (AvgIpc) is 3.04. The molecule has 1 aliphatic rings. The lowest BCUT2D eigenvalue weighted by molar-refractivity contribution is -0.145.